The predicted octanol–water partition coefficient (Wildman–Crippen LogP) is 2.09. The maximum atomic E-state index is 12.5. The molecule has 2 amide bonds. The highest BCUT2D eigenvalue weighted by molar-refractivity contribution is 5.94. The van der Waals surface area contributed by atoms with E-state index in [4.69, 9.17) is 4.74 Å². The van der Waals surface area contributed by atoms with E-state index in [9.17, 15) is 9.59 Å². The Morgan fingerprint density at radius 1 is 1.14 bits per heavy atom. The van der Waals surface area contributed by atoms with E-state index in [1.807, 2.05) is 31.0 Å². The van der Waals surface area contributed by atoms with Gasteiger partial charge < -0.3 is 19.5 Å². The van der Waals surface area contributed by atoms with Crippen molar-refractivity contribution < 1.29 is 14.3 Å². The second-order valence-corrected chi connectivity index (χ2v) is 7.94. The van der Waals surface area contributed by atoms with Crippen LogP contribution in [0.15, 0.2) is 30.6 Å². The van der Waals surface area contributed by atoms with Crippen LogP contribution in [0.2, 0.25) is 0 Å². The summed E-state index contributed by atoms with van der Waals surface area (Å²) in [7, 11) is 1.84. The van der Waals surface area contributed by atoms with Gasteiger partial charge in [-0.25, -0.2) is 0 Å². The first kappa shape index (κ1) is 19.4. The molecule has 0 spiro atoms. The van der Waals surface area contributed by atoms with E-state index in [0.29, 0.717) is 17.3 Å². The summed E-state index contributed by atoms with van der Waals surface area (Å²) in [6.07, 6.45) is 5.50. The summed E-state index contributed by atoms with van der Waals surface area (Å²) in [5.41, 5.74) is 0.566. The number of nitrogens with one attached hydrogen (secondary N) is 1. The van der Waals surface area contributed by atoms with Crippen molar-refractivity contribution >= 4 is 11.8 Å². The Hall–Kier alpha value is -2.90. The lowest BCUT2D eigenvalue weighted by atomic mass is 10.1. The molecule has 154 valence electrons. The van der Waals surface area contributed by atoms with E-state index < -0.39 is 0 Å². The van der Waals surface area contributed by atoms with Crippen molar-refractivity contribution in [2.75, 3.05) is 13.1 Å². The van der Waals surface area contributed by atoms with Crippen molar-refractivity contribution in [2.45, 2.75) is 44.8 Å². The van der Waals surface area contributed by atoms with Crippen LogP contribution >= 0.6 is 0 Å². The molecule has 8 nitrogen and oxygen atoms in total. The predicted molar refractivity (Wildman–Crippen MR) is 106 cm³/mol. The number of aromatic nitrogens is 3. The molecule has 2 fully saturated rings. The van der Waals surface area contributed by atoms with Gasteiger partial charge in [0, 0.05) is 44.5 Å². The third-order valence-corrected chi connectivity index (χ3v) is 5.58. The number of piperidine rings is 1. The molecule has 0 radical (unpaired) electrons. The average Bonchev–Trinajstić information content (AvgIpc) is 3.49. The maximum absolute atomic E-state index is 12.5. The molecule has 2 heterocycles. The van der Waals surface area contributed by atoms with Crippen LogP contribution in [0.5, 0.6) is 5.75 Å². The van der Waals surface area contributed by atoms with E-state index in [2.05, 4.69) is 15.5 Å². The number of likely N-dealkylation sites (tertiary alicyclic amines) is 1. The Morgan fingerprint density at radius 3 is 2.41 bits per heavy atom. The third kappa shape index (κ3) is 4.58. The standard InChI is InChI=1S/C21H27N5O3/c1-14(19-24-22-13-25(19)2)23-20(27)15-5-7-17(8-6-15)29-18-9-11-26(12-10-18)21(28)16-3-4-16/h5-8,13-14,16,18H,3-4,9-12H2,1-2H3,(H,23,27). The maximum Gasteiger partial charge on any atom is 0.251 e. The monoisotopic (exact) mass is 397 g/mol. The molecular weight excluding hydrogens is 370 g/mol. The average molecular weight is 397 g/mol. The van der Waals surface area contributed by atoms with E-state index >= 15 is 0 Å². The van der Waals surface area contributed by atoms with Gasteiger partial charge in [0.25, 0.3) is 5.91 Å². The number of carbonyl (C=O) groups is 2. The first-order chi connectivity index (χ1) is 14.0. The summed E-state index contributed by atoms with van der Waals surface area (Å²) in [4.78, 5) is 26.6. The highest BCUT2D eigenvalue weighted by Crippen LogP contribution is 2.32. The minimum absolute atomic E-state index is 0.105. The normalized spacial score (nSPS) is 18.3. The highest BCUT2D eigenvalue weighted by Gasteiger charge is 2.35. The van der Waals surface area contributed by atoms with Crippen LogP contribution in [0, 0.1) is 5.92 Å². The van der Waals surface area contributed by atoms with Crippen LogP contribution in [-0.2, 0) is 11.8 Å². The largest absolute Gasteiger partial charge is 0.490 e. The van der Waals surface area contributed by atoms with Crippen molar-refractivity contribution in [3.05, 3.63) is 42.0 Å². The smallest absolute Gasteiger partial charge is 0.251 e. The third-order valence-electron chi connectivity index (χ3n) is 5.58. The van der Waals surface area contributed by atoms with Crippen molar-refractivity contribution in [1.82, 2.24) is 25.0 Å². The van der Waals surface area contributed by atoms with Crippen LogP contribution in [-0.4, -0.2) is 50.7 Å². The van der Waals surface area contributed by atoms with Crippen LogP contribution in [0.1, 0.15) is 54.8 Å². The molecule has 4 rings (SSSR count). The van der Waals surface area contributed by atoms with Crippen molar-refractivity contribution in [3.63, 3.8) is 0 Å². The zero-order valence-electron chi connectivity index (χ0n) is 16.9. The first-order valence-corrected chi connectivity index (χ1v) is 10.2. The Morgan fingerprint density at radius 2 is 1.83 bits per heavy atom. The summed E-state index contributed by atoms with van der Waals surface area (Å²) in [6, 6.07) is 6.93. The molecule has 1 atom stereocenters. The molecular formula is C21H27N5O3. The number of hydrogen-bond donors (Lipinski definition) is 1. The molecule has 1 saturated heterocycles. The fourth-order valence-corrected chi connectivity index (χ4v) is 3.69. The van der Waals surface area contributed by atoms with E-state index in [0.717, 1.165) is 44.5 Å². The number of rotatable bonds is 6. The summed E-state index contributed by atoms with van der Waals surface area (Å²) in [5.74, 6) is 1.87. The Bertz CT molecular complexity index is 867. The van der Waals surface area contributed by atoms with Gasteiger partial charge in [-0.3, -0.25) is 9.59 Å². The summed E-state index contributed by atoms with van der Waals surface area (Å²) >= 11 is 0. The van der Waals surface area contributed by atoms with Crippen molar-refractivity contribution in [3.8, 4) is 5.75 Å². The summed E-state index contributed by atoms with van der Waals surface area (Å²) < 4.78 is 7.84. The number of aryl methyl sites for hydroxylation is 1. The van der Waals surface area contributed by atoms with Crippen LogP contribution < -0.4 is 10.1 Å². The minimum Gasteiger partial charge on any atom is -0.490 e. The Balaban J connectivity index is 1.27. The number of ether oxygens (including phenoxy) is 1. The van der Waals surface area contributed by atoms with E-state index in [1.165, 1.54) is 0 Å². The van der Waals surface area contributed by atoms with Gasteiger partial charge in [-0.1, -0.05) is 0 Å². The minimum atomic E-state index is -0.241. The molecule has 1 aliphatic carbocycles. The summed E-state index contributed by atoms with van der Waals surface area (Å²) in [6.45, 7) is 3.40. The summed E-state index contributed by atoms with van der Waals surface area (Å²) in [5, 5.41) is 10.8. The van der Waals surface area contributed by atoms with Crippen molar-refractivity contribution in [1.29, 1.82) is 0 Å². The van der Waals surface area contributed by atoms with E-state index in [-0.39, 0.29) is 24.0 Å². The van der Waals surface area contributed by atoms with Crippen LogP contribution in [0.4, 0.5) is 0 Å². The SMILES string of the molecule is CC(NC(=O)c1ccc(OC2CCN(C(=O)C3CC3)CC2)cc1)c1nncn1C. The number of benzene rings is 1. The zero-order chi connectivity index (χ0) is 20.4. The fourth-order valence-electron chi connectivity index (χ4n) is 3.69. The van der Waals surface area contributed by atoms with Gasteiger partial charge in [0.1, 0.15) is 18.2 Å². The van der Waals surface area contributed by atoms with Gasteiger partial charge in [-0.15, -0.1) is 10.2 Å². The topological polar surface area (TPSA) is 89.3 Å². The molecule has 1 aromatic heterocycles. The molecule has 0 bridgehead atoms. The van der Waals surface area contributed by atoms with Gasteiger partial charge in [0.15, 0.2) is 5.82 Å². The Kier molecular flexibility index (Phi) is 5.51. The molecule has 8 heteroatoms. The molecule has 1 aliphatic heterocycles. The number of hydrogen-bond acceptors (Lipinski definition) is 5. The molecule has 1 N–H and O–H groups in total. The molecule has 2 aromatic rings. The zero-order valence-corrected chi connectivity index (χ0v) is 16.9. The van der Waals surface area contributed by atoms with E-state index in [1.54, 1.807) is 23.0 Å². The first-order valence-electron chi connectivity index (χ1n) is 10.2. The van der Waals surface area contributed by atoms with Gasteiger partial charge in [0.2, 0.25) is 5.91 Å². The van der Waals surface area contributed by atoms with Gasteiger partial charge in [-0.05, 0) is 44.0 Å². The number of amides is 2. The second-order valence-electron chi connectivity index (χ2n) is 7.94. The molecule has 1 saturated carbocycles. The van der Waals surface area contributed by atoms with Gasteiger partial charge >= 0.3 is 0 Å². The lowest BCUT2D eigenvalue weighted by molar-refractivity contribution is -0.134. The lowest BCUT2D eigenvalue weighted by Crippen LogP contribution is -2.42. The van der Waals surface area contributed by atoms with Gasteiger partial charge in [0.05, 0.1) is 6.04 Å². The number of nitrogens with zero attached hydrogens (tertiary/aromatic N) is 4. The van der Waals surface area contributed by atoms with Crippen LogP contribution in [0.25, 0.3) is 0 Å². The van der Waals surface area contributed by atoms with Crippen LogP contribution in [0.3, 0.4) is 0 Å². The second kappa shape index (κ2) is 8.23. The lowest BCUT2D eigenvalue weighted by Gasteiger charge is -2.32. The van der Waals surface area contributed by atoms with Gasteiger partial charge in [-0.2, -0.15) is 0 Å². The van der Waals surface area contributed by atoms with Crippen molar-refractivity contribution in [2.24, 2.45) is 13.0 Å². The molecule has 2 aliphatic rings. The fraction of sp³-hybridized carbons (Fsp3) is 0.524. The highest BCUT2D eigenvalue weighted by atomic mass is 16.5. The Labute approximate surface area is 170 Å². The molecule has 29 heavy (non-hydrogen) atoms. The molecule has 1 aromatic carbocycles. The quantitative estimate of drug-likeness (QED) is 0.806. The molecule has 1 unspecified atom stereocenters. The number of carbonyl (C=O) groups excluding carboxylic acids is 2.